The molecule has 0 atom stereocenters. The van der Waals surface area contributed by atoms with Gasteiger partial charge in [-0.25, -0.2) is 6.57 Å². The van der Waals surface area contributed by atoms with Crippen molar-refractivity contribution in [1.82, 2.24) is 0 Å². The molecule has 0 amide bonds. The van der Waals surface area contributed by atoms with Gasteiger partial charge < -0.3 is 4.85 Å². The Bertz CT molecular complexity index is 311. The van der Waals surface area contributed by atoms with Crippen LogP contribution in [0.5, 0.6) is 0 Å². The second-order valence-electron chi connectivity index (χ2n) is 2.12. The molecule has 0 aliphatic rings. The second kappa shape index (κ2) is 3.39. The summed E-state index contributed by atoms with van der Waals surface area (Å²) in [6, 6.07) is 9.07. The summed E-state index contributed by atoms with van der Waals surface area (Å²) in [5, 5.41) is 8.45. The number of hydrogen-bond acceptors (Lipinski definition) is 1. The van der Waals surface area contributed by atoms with E-state index in [2.05, 4.69) is 4.85 Å². The largest absolute Gasteiger partial charge is 0.312 e. The zero-order chi connectivity index (χ0) is 8.10. The number of rotatable bonds is 1. The molecule has 0 heterocycles. The van der Waals surface area contributed by atoms with Gasteiger partial charge >= 0.3 is 0 Å². The minimum Gasteiger partial charge on any atom is -0.312 e. The summed E-state index contributed by atoms with van der Waals surface area (Å²) in [7, 11) is 0. The third kappa shape index (κ3) is 1.81. The molecule has 0 spiro atoms. The molecule has 0 N–H and O–H groups in total. The lowest BCUT2D eigenvalue weighted by atomic mass is 10.1. The molecule has 0 aliphatic heterocycles. The first-order valence-electron chi connectivity index (χ1n) is 3.19. The fourth-order valence-electron chi connectivity index (χ4n) is 0.776. The summed E-state index contributed by atoms with van der Waals surface area (Å²) in [4.78, 5) is 3.23. The molecule has 52 valence electrons. The maximum Gasteiger partial charge on any atom is 0.239 e. The van der Waals surface area contributed by atoms with Gasteiger partial charge in [0.25, 0.3) is 0 Å². The Labute approximate surface area is 65.5 Å². The van der Waals surface area contributed by atoms with E-state index in [1.54, 1.807) is 24.3 Å². The summed E-state index contributed by atoms with van der Waals surface area (Å²) in [6.45, 7) is 6.99. The van der Waals surface area contributed by atoms with E-state index in [0.29, 0.717) is 12.1 Å². The van der Waals surface area contributed by atoms with Crippen LogP contribution in [0.2, 0.25) is 0 Å². The molecule has 1 aromatic carbocycles. The minimum atomic E-state index is 0.395. The highest BCUT2D eigenvalue weighted by atomic mass is 14.6. The zero-order valence-corrected chi connectivity index (χ0v) is 5.91. The van der Waals surface area contributed by atoms with Gasteiger partial charge in [-0.1, -0.05) is 12.1 Å². The van der Waals surface area contributed by atoms with Crippen LogP contribution in [0.1, 0.15) is 11.1 Å². The molecule has 1 aromatic rings. The number of hydrogen-bond donors (Lipinski definition) is 0. The summed E-state index contributed by atoms with van der Waals surface area (Å²) in [6.07, 6.45) is 0. The van der Waals surface area contributed by atoms with Crippen LogP contribution in [-0.2, 0) is 6.54 Å². The predicted octanol–water partition coefficient (Wildman–Crippen LogP) is 1.98. The van der Waals surface area contributed by atoms with E-state index < -0.39 is 0 Å². The van der Waals surface area contributed by atoms with Gasteiger partial charge in [0, 0.05) is 5.56 Å². The highest BCUT2D eigenvalue weighted by Crippen LogP contribution is 2.03. The standard InChI is InChI=1S/C9H6N2/c1-11-7-9-4-2-8(6-10)3-5-9/h2-5H,7H2. The van der Waals surface area contributed by atoms with Gasteiger partial charge in [0.15, 0.2) is 0 Å². The molecule has 0 fully saturated rings. The van der Waals surface area contributed by atoms with Gasteiger partial charge in [-0.2, -0.15) is 5.26 Å². The van der Waals surface area contributed by atoms with E-state index in [1.165, 1.54) is 0 Å². The fraction of sp³-hybridized carbons (Fsp3) is 0.111. The van der Waals surface area contributed by atoms with E-state index in [4.69, 9.17) is 11.8 Å². The number of nitriles is 1. The Morgan fingerprint density at radius 3 is 2.45 bits per heavy atom. The molecule has 0 radical (unpaired) electrons. The molecule has 0 aliphatic carbocycles. The van der Waals surface area contributed by atoms with Crippen molar-refractivity contribution in [1.29, 1.82) is 5.26 Å². The number of benzene rings is 1. The Hall–Kier alpha value is -1.80. The SMILES string of the molecule is [C-]#[N+]Cc1ccc(C#N)cc1. The minimum absolute atomic E-state index is 0.395. The smallest absolute Gasteiger partial charge is 0.239 e. The van der Waals surface area contributed by atoms with Crippen molar-refractivity contribution in [2.45, 2.75) is 6.54 Å². The second-order valence-corrected chi connectivity index (χ2v) is 2.12. The first-order chi connectivity index (χ1) is 5.36. The summed E-state index contributed by atoms with van der Waals surface area (Å²) in [5.41, 5.74) is 1.60. The Morgan fingerprint density at radius 2 is 2.00 bits per heavy atom. The van der Waals surface area contributed by atoms with Crippen LogP contribution in [0, 0.1) is 17.9 Å². The van der Waals surface area contributed by atoms with Gasteiger partial charge in [0.05, 0.1) is 11.6 Å². The lowest BCUT2D eigenvalue weighted by Crippen LogP contribution is -1.79. The van der Waals surface area contributed by atoms with Crippen molar-refractivity contribution in [2.24, 2.45) is 0 Å². The van der Waals surface area contributed by atoms with Crippen molar-refractivity contribution in [3.05, 3.63) is 46.8 Å². The van der Waals surface area contributed by atoms with Crippen LogP contribution in [0.4, 0.5) is 0 Å². The maximum atomic E-state index is 8.45. The van der Waals surface area contributed by atoms with Gasteiger partial charge in [-0.15, -0.1) is 0 Å². The molecule has 0 saturated carbocycles. The highest BCUT2D eigenvalue weighted by molar-refractivity contribution is 5.31. The normalized spacial score (nSPS) is 8.18. The summed E-state index contributed by atoms with van der Waals surface area (Å²) >= 11 is 0. The monoisotopic (exact) mass is 142 g/mol. The third-order valence-electron chi connectivity index (χ3n) is 1.34. The molecule has 0 aromatic heterocycles. The Kier molecular flexibility index (Phi) is 2.25. The quantitative estimate of drug-likeness (QED) is 0.551. The van der Waals surface area contributed by atoms with Crippen LogP contribution in [-0.4, -0.2) is 0 Å². The highest BCUT2D eigenvalue weighted by Gasteiger charge is 1.93. The molecule has 11 heavy (non-hydrogen) atoms. The Morgan fingerprint density at radius 1 is 1.36 bits per heavy atom. The first-order valence-corrected chi connectivity index (χ1v) is 3.19. The summed E-state index contributed by atoms with van der Waals surface area (Å²) < 4.78 is 0. The predicted molar refractivity (Wildman–Crippen MR) is 41.5 cm³/mol. The lowest BCUT2D eigenvalue weighted by molar-refractivity contribution is 1.26. The topological polar surface area (TPSA) is 28.1 Å². The molecular formula is C9H6N2. The molecule has 0 saturated heterocycles. The van der Waals surface area contributed by atoms with Crippen molar-refractivity contribution in [3.8, 4) is 6.07 Å². The van der Waals surface area contributed by atoms with Crippen LogP contribution in [0.15, 0.2) is 24.3 Å². The van der Waals surface area contributed by atoms with Gasteiger partial charge in [0.1, 0.15) is 0 Å². The lowest BCUT2D eigenvalue weighted by Gasteiger charge is -1.89. The maximum absolute atomic E-state index is 8.45. The molecule has 0 unspecified atom stereocenters. The van der Waals surface area contributed by atoms with E-state index in [9.17, 15) is 0 Å². The average molecular weight is 142 g/mol. The molecule has 1 rings (SSSR count). The molecule has 0 bridgehead atoms. The molecule has 2 nitrogen and oxygen atoms in total. The van der Waals surface area contributed by atoms with E-state index in [0.717, 1.165) is 5.56 Å². The van der Waals surface area contributed by atoms with Crippen LogP contribution in [0.3, 0.4) is 0 Å². The van der Waals surface area contributed by atoms with Crippen molar-refractivity contribution >= 4 is 0 Å². The van der Waals surface area contributed by atoms with E-state index in [1.807, 2.05) is 6.07 Å². The molecular weight excluding hydrogens is 136 g/mol. The van der Waals surface area contributed by atoms with Crippen LogP contribution >= 0.6 is 0 Å². The number of nitrogens with zero attached hydrogens (tertiary/aromatic N) is 2. The van der Waals surface area contributed by atoms with Gasteiger partial charge in [-0.3, -0.25) is 0 Å². The van der Waals surface area contributed by atoms with Crippen LogP contribution < -0.4 is 0 Å². The average Bonchev–Trinajstić information content (AvgIpc) is 2.07. The molecule has 2 heteroatoms. The van der Waals surface area contributed by atoms with Gasteiger partial charge in [0.2, 0.25) is 6.54 Å². The Balaban J connectivity index is 2.87. The van der Waals surface area contributed by atoms with Gasteiger partial charge in [-0.05, 0) is 12.1 Å². The zero-order valence-electron chi connectivity index (χ0n) is 5.91. The summed E-state index contributed by atoms with van der Waals surface area (Å²) in [5.74, 6) is 0. The van der Waals surface area contributed by atoms with E-state index in [-0.39, 0.29) is 0 Å². The van der Waals surface area contributed by atoms with E-state index >= 15 is 0 Å². The van der Waals surface area contributed by atoms with Crippen molar-refractivity contribution in [2.75, 3.05) is 0 Å². The van der Waals surface area contributed by atoms with Crippen LogP contribution in [0.25, 0.3) is 4.85 Å². The van der Waals surface area contributed by atoms with Crippen molar-refractivity contribution in [3.63, 3.8) is 0 Å². The first kappa shape index (κ1) is 7.31. The fourth-order valence-corrected chi connectivity index (χ4v) is 0.776. The van der Waals surface area contributed by atoms with Crippen molar-refractivity contribution < 1.29 is 0 Å². The third-order valence-corrected chi connectivity index (χ3v) is 1.34.